The van der Waals surface area contributed by atoms with E-state index in [9.17, 15) is 14.7 Å². The van der Waals surface area contributed by atoms with Crippen LogP contribution in [0, 0.1) is 5.92 Å². The predicted molar refractivity (Wildman–Crippen MR) is 108 cm³/mol. The van der Waals surface area contributed by atoms with E-state index in [4.69, 9.17) is 4.74 Å². The Kier molecular flexibility index (Phi) is 5.22. The molecule has 1 saturated heterocycles. The molecule has 1 aromatic carbocycles. The predicted octanol–water partition coefficient (Wildman–Crippen LogP) is 3.16. The molecule has 2 aliphatic heterocycles. The molecule has 5 nitrogen and oxygen atoms in total. The van der Waals surface area contributed by atoms with E-state index in [2.05, 4.69) is 22.5 Å². The highest BCUT2D eigenvalue weighted by Crippen LogP contribution is 2.59. The number of halogens is 1. The van der Waals surface area contributed by atoms with Crippen LogP contribution in [-0.2, 0) is 15.1 Å². The SMILES string of the molecule is C=CCN1C(=O)[C@]2(O[C@H](CCO)[C@@H]([Si](C)(C)O)[C@@H]2C)c2cc(Br)ccc21. The fourth-order valence-electron chi connectivity index (χ4n) is 4.76. The Morgan fingerprint density at radius 1 is 1.46 bits per heavy atom. The Bertz CT molecular complexity index is 735. The average molecular weight is 440 g/mol. The van der Waals surface area contributed by atoms with Crippen LogP contribution < -0.4 is 4.90 Å². The summed E-state index contributed by atoms with van der Waals surface area (Å²) in [6, 6.07) is 5.77. The maximum absolute atomic E-state index is 13.5. The van der Waals surface area contributed by atoms with E-state index in [0.29, 0.717) is 13.0 Å². The van der Waals surface area contributed by atoms with Crippen LogP contribution in [0.2, 0.25) is 18.6 Å². The quantitative estimate of drug-likeness (QED) is 0.545. The minimum atomic E-state index is -2.62. The number of carbonyl (C=O) groups excluding carboxylic acids is 1. The van der Waals surface area contributed by atoms with Gasteiger partial charge in [-0.3, -0.25) is 4.79 Å². The maximum atomic E-state index is 13.5. The van der Waals surface area contributed by atoms with Gasteiger partial charge in [-0.2, -0.15) is 0 Å². The zero-order chi connectivity index (χ0) is 19.3. The first-order valence-electron chi connectivity index (χ1n) is 8.92. The van der Waals surface area contributed by atoms with Crippen LogP contribution in [0.1, 0.15) is 18.9 Å². The van der Waals surface area contributed by atoms with Crippen molar-refractivity contribution in [2.24, 2.45) is 5.92 Å². The molecule has 7 heteroatoms. The fourth-order valence-corrected chi connectivity index (χ4v) is 7.72. The summed E-state index contributed by atoms with van der Waals surface area (Å²) in [5, 5.41) is 9.51. The topological polar surface area (TPSA) is 70.0 Å². The second kappa shape index (κ2) is 6.87. The highest BCUT2D eigenvalue weighted by Gasteiger charge is 2.65. The number of ether oxygens (including phenoxy) is 1. The Labute approximate surface area is 163 Å². The van der Waals surface area contributed by atoms with Crippen molar-refractivity contribution in [3.63, 3.8) is 0 Å². The van der Waals surface area contributed by atoms with Crippen LogP contribution in [0.3, 0.4) is 0 Å². The number of amides is 1. The van der Waals surface area contributed by atoms with Gasteiger partial charge in [0.1, 0.15) is 0 Å². The van der Waals surface area contributed by atoms with Gasteiger partial charge in [-0.1, -0.05) is 28.9 Å². The minimum Gasteiger partial charge on any atom is -0.432 e. The van der Waals surface area contributed by atoms with Crippen LogP contribution >= 0.6 is 15.9 Å². The Morgan fingerprint density at radius 3 is 2.73 bits per heavy atom. The number of hydrogen-bond donors (Lipinski definition) is 2. The van der Waals surface area contributed by atoms with E-state index >= 15 is 0 Å². The zero-order valence-corrected chi connectivity index (χ0v) is 18.0. The van der Waals surface area contributed by atoms with Gasteiger partial charge in [0, 0.05) is 34.6 Å². The standard InChI is InChI=1S/C19H26BrNO4Si/c1-5-9-21-15-7-6-13(20)11-14(15)19(18(21)23)12(2)17(26(3,4)24)16(25-19)8-10-22/h5-7,11-12,16-17,22,24H,1,8-10H2,2-4H3/t12-,16+,17-,19+/m0/s1. The summed E-state index contributed by atoms with van der Waals surface area (Å²) in [6.45, 7) is 9.89. The molecule has 1 fully saturated rings. The highest BCUT2D eigenvalue weighted by atomic mass is 79.9. The lowest BCUT2D eigenvalue weighted by Crippen LogP contribution is -2.46. The molecule has 2 heterocycles. The number of aliphatic hydroxyl groups excluding tert-OH is 1. The molecule has 1 spiro atoms. The molecule has 1 amide bonds. The van der Waals surface area contributed by atoms with Gasteiger partial charge in [-0.15, -0.1) is 6.58 Å². The average Bonchev–Trinajstić information content (AvgIpc) is 2.96. The van der Waals surface area contributed by atoms with Crippen molar-refractivity contribution in [2.45, 2.75) is 43.7 Å². The van der Waals surface area contributed by atoms with Gasteiger partial charge in [0.05, 0.1) is 11.8 Å². The first-order valence-corrected chi connectivity index (χ1v) is 12.7. The summed E-state index contributed by atoms with van der Waals surface area (Å²) in [7, 11) is -2.62. The first kappa shape index (κ1) is 19.8. The van der Waals surface area contributed by atoms with Crippen molar-refractivity contribution in [1.82, 2.24) is 0 Å². The molecule has 0 saturated carbocycles. The monoisotopic (exact) mass is 439 g/mol. The van der Waals surface area contributed by atoms with Crippen LogP contribution in [0.4, 0.5) is 5.69 Å². The van der Waals surface area contributed by atoms with E-state index < -0.39 is 13.9 Å². The second-order valence-electron chi connectivity index (χ2n) is 7.74. The normalized spacial score (nSPS) is 30.9. The molecule has 3 rings (SSSR count). The molecule has 0 radical (unpaired) electrons. The molecular weight excluding hydrogens is 414 g/mol. The third-order valence-corrected chi connectivity index (χ3v) is 8.67. The number of carbonyl (C=O) groups is 1. The number of hydrogen-bond acceptors (Lipinski definition) is 4. The van der Waals surface area contributed by atoms with Crippen molar-refractivity contribution in [1.29, 1.82) is 0 Å². The summed E-state index contributed by atoms with van der Waals surface area (Å²) in [4.78, 5) is 26.1. The molecule has 4 atom stereocenters. The molecule has 0 aliphatic carbocycles. The largest absolute Gasteiger partial charge is 0.432 e. The van der Waals surface area contributed by atoms with E-state index in [1.807, 2.05) is 38.2 Å². The second-order valence-corrected chi connectivity index (χ2v) is 12.6. The molecule has 0 bridgehead atoms. The molecule has 142 valence electrons. The molecule has 2 aliphatic rings. The van der Waals surface area contributed by atoms with Gasteiger partial charge in [0.25, 0.3) is 5.91 Å². The summed E-state index contributed by atoms with van der Waals surface area (Å²) < 4.78 is 7.32. The van der Waals surface area contributed by atoms with Crippen LogP contribution in [-0.4, -0.2) is 43.4 Å². The Hall–Kier alpha value is -0.993. The zero-order valence-electron chi connectivity index (χ0n) is 15.4. The summed E-state index contributed by atoms with van der Waals surface area (Å²) in [5.74, 6) is -0.303. The molecule has 26 heavy (non-hydrogen) atoms. The number of fused-ring (bicyclic) bond motifs is 2. The van der Waals surface area contributed by atoms with E-state index in [-0.39, 0.29) is 30.1 Å². The van der Waals surface area contributed by atoms with Crippen LogP contribution in [0.5, 0.6) is 0 Å². The van der Waals surface area contributed by atoms with Crippen LogP contribution in [0.15, 0.2) is 35.3 Å². The lowest BCUT2D eigenvalue weighted by atomic mass is 9.82. The molecular formula is C19H26BrNO4Si. The highest BCUT2D eigenvalue weighted by molar-refractivity contribution is 9.10. The van der Waals surface area contributed by atoms with Gasteiger partial charge < -0.3 is 19.5 Å². The summed E-state index contributed by atoms with van der Waals surface area (Å²) in [6.07, 6.45) is 1.77. The van der Waals surface area contributed by atoms with Crippen molar-refractivity contribution in [2.75, 3.05) is 18.1 Å². The van der Waals surface area contributed by atoms with E-state index in [0.717, 1.165) is 15.7 Å². The van der Waals surface area contributed by atoms with Crippen molar-refractivity contribution < 1.29 is 19.4 Å². The van der Waals surface area contributed by atoms with E-state index in [1.54, 1.807) is 11.0 Å². The van der Waals surface area contributed by atoms with Crippen molar-refractivity contribution in [3.05, 3.63) is 40.9 Å². The third-order valence-electron chi connectivity index (χ3n) is 5.67. The Balaban J connectivity index is 2.18. The maximum Gasteiger partial charge on any atom is 0.264 e. The lowest BCUT2D eigenvalue weighted by Gasteiger charge is -2.32. The first-order chi connectivity index (χ1) is 12.2. The van der Waals surface area contributed by atoms with Gasteiger partial charge in [-0.05, 0) is 37.7 Å². The van der Waals surface area contributed by atoms with Gasteiger partial charge in [0.15, 0.2) is 13.9 Å². The van der Waals surface area contributed by atoms with Gasteiger partial charge in [-0.25, -0.2) is 0 Å². The number of rotatable bonds is 5. The van der Waals surface area contributed by atoms with Gasteiger partial charge >= 0.3 is 0 Å². The molecule has 1 aromatic rings. The van der Waals surface area contributed by atoms with Gasteiger partial charge in [0.2, 0.25) is 0 Å². The number of nitrogens with zero attached hydrogens (tertiary/aromatic N) is 1. The van der Waals surface area contributed by atoms with E-state index in [1.165, 1.54) is 0 Å². The minimum absolute atomic E-state index is 0.0374. The molecule has 2 N–H and O–H groups in total. The molecule has 0 aromatic heterocycles. The van der Waals surface area contributed by atoms with Crippen molar-refractivity contribution >= 4 is 35.8 Å². The number of aliphatic hydroxyl groups is 1. The van der Waals surface area contributed by atoms with Crippen molar-refractivity contribution in [3.8, 4) is 0 Å². The van der Waals surface area contributed by atoms with Crippen LogP contribution in [0.25, 0.3) is 0 Å². The Morgan fingerprint density at radius 2 is 2.15 bits per heavy atom. The number of benzene rings is 1. The molecule has 0 unspecified atom stereocenters. The third kappa shape index (κ3) is 2.81. The fraction of sp³-hybridized carbons (Fsp3) is 0.526. The lowest BCUT2D eigenvalue weighted by molar-refractivity contribution is -0.146. The smallest absolute Gasteiger partial charge is 0.264 e. The summed E-state index contributed by atoms with van der Waals surface area (Å²) in [5.41, 5.74) is 0.384. The number of anilines is 1. The summed E-state index contributed by atoms with van der Waals surface area (Å²) >= 11 is 3.51.